The summed E-state index contributed by atoms with van der Waals surface area (Å²) in [4.78, 5) is 16.2. The van der Waals surface area contributed by atoms with Crippen LogP contribution in [0.1, 0.15) is 12.5 Å². The molecule has 202 valence electrons. The Morgan fingerprint density at radius 2 is 1.76 bits per heavy atom. The first-order valence-corrected chi connectivity index (χ1v) is 13.6. The molecule has 1 amide bonds. The lowest BCUT2D eigenvalue weighted by atomic mass is 9.95. The fourth-order valence-electron chi connectivity index (χ4n) is 4.64. The molecular formula is C24H29F3N4O4S2. The Morgan fingerprint density at radius 3 is 2.38 bits per heavy atom. The van der Waals surface area contributed by atoms with Crippen molar-refractivity contribution >= 4 is 34.2 Å². The normalized spacial score (nSPS) is 21.9. The summed E-state index contributed by atoms with van der Waals surface area (Å²) < 4.78 is 68.1. The first-order chi connectivity index (χ1) is 17.3. The molecule has 0 saturated carbocycles. The summed E-state index contributed by atoms with van der Waals surface area (Å²) in [6.45, 7) is 2.88. The number of amides is 1. The average Bonchev–Trinajstić information content (AvgIpc) is 2.83. The molecular weight excluding hydrogens is 529 g/mol. The molecule has 0 spiro atoms. The van der Waals surface area contributed by atoms with Crippen LogP contribution >= 0.6 is 12.6 Å². The van der Waals surface area contributed by atoms with Gasteiger partial charge in [-0.3, -0.25) is 9.69 Å². The van der Waals surface area contributed by atoms with Crippen LogP contribution in [0.2, 0.25) is 0 Å². The molecule has 2 heterocycles. The van der Waals surface area contributed by atoms with Crippen molar-refractivity contribution in [2.75, 3.05) is 50.7 Å². The molecule has 0 aromatic heterocycles. The van der Waals surface area contributed by atoms with Gasteiger partial charge in [-0.15, -0.1) is 12.6 Å². The van der Waals surface area contributed by atoms with E-state index in [0.717, 1.165) is 0 Å². The van der Waals surface area contributed by atoms with Crippen molar-refractivity contribution in [3.05, 3.63) is 54.1 Å². The SMILES string of the molecule is C[C@@](O)(c1ccc(N2CCN(S(=O)(=O)c3ccccc3S)C[C@@H]2CN2CCNC(=O)C2)cc1)C(F)(F)F. The van der Waals surface area contributed by atoms with Crippen molar-refractivity contribution in [1.29, 1.82) is 0 Å². The number of nitrogens with zero attached hydrogens (tertiary/aromatic N) is 3. The molecule has 2 aromatic rings. The molecule has 0 aliphatic carbocycles. The average molecular weight is 559 g/mol. The van der Waals surface area contributed by atoms with Crippen LogP contribution in [0.15, 0.2) is 58.3 Å². The largest absolute Gasteiger partial charge is 0.421 e. The highest BCUT2D eigenvalue weighted by Crippen LogP contribution is 2.39. The van der Waals surface area contributed by atoms with Crippen molar-refractivity contribution in [2.24, 2.45) is 0 Å². The van der Waals surface area contributed by atoms with Gasteiger partial charge in [0.05, 0.1) is 17.5 Å². The molecule has 13 heteroatoms. The van der Waals surface area contributed by atoms with E-state index in [0.29, 0.717) is 37.1 Å². The standard InChI is InChI=1S/C24H29F3N4O4S2/c1-23(33,24(25,26)27)17-6-8-18(9-7-17)31-13-12-30(37(34,35)21-5-3-2-4-20(21)36)15-19(31)14-29-11-10-28-22(32)16-29/h2-9,19,33,36H,10-16H2,1H3,(H,28,32)/t19-,23+/m0/s1. The van der Waals surface area contributed by atoms with Gasteiger partial charge in [0.1, 0.15) is 0 Å². The van der Waals surface area contributed by atoms with Gasteiger partial charge in [0.25, 0.3) is 0 Å². The number of anilines is 1. The topological polar surface area (TPSA) is 93.2 Å². The summed E-state index contributed by atoms with van der Waals surface area (Å²) in [6.07, 6.45) is -4.84. The van der Waals surface area contributed by atoms with E-state index in [1.54, 1.807) is 18.2 Å². The highest BCUT2D eigenvalue weighted by Gasteiger charge is 2.51. The highest BCUT2D eigenvalue weighted by atomic mass is 32.2. The van der Waals surface area contributed by atoms with Gasteiger partial charge in [0.2, 0.25) is 15.9 Å². The number of benzene rings is 2. The number of hydrogen-bond donors (Lipinski definition) is 3. The molecule has 37 heavy (non-hydrogen) atoms. The lowest BCUT2D eigenvalue weighted by molar-refractivity contribution is -0.258. The molecule has 0 radical (unpaired) electrons. The lowest BCUT2D eigenvalue weighted by Crippen LogP contribution is -2.60. The van der Waals surface area contributed by atoms with E-state index in [2.05, 4.69) is 17.9 Å². The molecule has 2 fully saturated rings. The van der Waals surface area contributed by atoms with E-state index in [9.17, 15) is 31.5 Å². The van der Waals surface area contributed by atoms with Crippen LogP contribution in [0.5, 0.6) is 0 Å². The minimum Gasteiger partial charge on any atom is -0.376 e. The van der Waals surface area contributed by atoms with Crippen molar-refractivity contribution < 1.29 is 31.5 Å². The van der Waals surface area contributed by atoms with E-state index in [1.807, 2.05) is 9.80 Å². The summed E-state index contributed by atoms with van der Waals surface area (Å²) in [5.41, 5.74) is -2.70. The minimum atomic E-state index is -4.84. The van der Waals surface area contributed by atoms with E-state index in [4.69, 9.17) is 0 Å². The number of thiol groups is 1. The number of hydrogen-bond acceptors (Lipinski definition) is 7. The summed E-state index contributed by atoms with van der Waals surface area (Å²) in [6, 6.07) is 11.5. The molecule has 8 nitrogen and oxygen atoms in total. The van der Waals surface area contributed by atoms with Gasteiger partial charge in [0, 0.05) is 49.9 Å². The van der Waals surface area contributed by atoms with E-state index >= 15 is 0 Å². The molecule has 2 N–H and O–H groups in total. The summed E-state index contributed by atoms with van der Waals surface area (Å²) in [7, 11) is -3.85. The Morgan fingerprint density at radius 1 is 1.08 bits per heavy atom. The van der Waals surface area contributed by atoms with Gasteiger partial charge >= 0.3 is 6.18 Å². The van der Waals surface area contributed by atoms with Crippen LogP contribution in [0, 0.1) is 0 Å². The van der Waals surface area contributed by atoms with Crippen LogP contribution in [-0.4, -0.2) is 86.7 Å². The van der Waals surface area contributed by atoms with Gasteiger partial charge in [-0.05, 0) is 36.8 Å². The third-order valence-electron chi connectivity index (χ3n) is 6.83. The molecule has 4 rings (SSSR count). The fourth-order valence-corrected chi connectivity index (χ4v) is 6.70. The number of rotatable bonds is 6. The quantitative estimate of drug-likeness (QED) is 0.471. The number of halogens is 3. The van der Waals surface area contributed by atoms with Gasteiger partial charge in [-0.25, -0.2) is 8.42 Å². The third-order valence-corrected chi connectivity index (χ3v) is 9.29. The minimum absolute atomic E-state index is 0.0987. The van der Waals surface area contributed by atoms with Crippen LogP contribution in [0.4, 0.5) is 18.9 Å². The first kappa shape index (κ1) is 27.7. The monoisotopic (exact) mass is 558 g/mol. The number of carbonyl (C=O) groups excluding carboxylic acids is 1. The van der Waals surface area contributed by atoms with Crippen LogP contribution in [0.3, 0.4) is 0 Å². The smallest absolute Gasteiger partial charge is 0.376 e. The van der Waals surface area contributed by atoms with Gasteiger partial charge in [0.15, 0.2) is 5.60 Å². The lowest BCUT2D eigenvalue weighted by Gasteiger charge is -2.44. The molecule has 2 aromatic carbocycles. The molecule has 2 atom stereocenters. The van der Waals surface area contributed by atoms with E-state index < -0.39 is 21.8 Å². The first-order valence-electron chi connectivity index (χ1n) is 11.7. The van der Waals surface area contributed by atoms with Crippen LogP contribution < -0.4 is 10.2 Å². The van der Waals surface area contributed by atoms with Crippen molar-refractivity contribution in [3.8, 4) is 0 Å². The number of aliphatic hydroxyl groups is 1. The second kappa shape index (κ2) is 10.4. The number of sulfonamides is 1. The Labute approximate surface area is 219 Å². The second-order valence-electron chi connectivity index (χ2n) is 9.38. The van der Waals surface area contributed by atoms with E-state index in [-0.39, 0.29) is 48.6 Å². The fraction of sp³-hybridized carbons (Fsp3) is 0.458. The molecule has 0 unspecified atom stereocenters. The molecule has 2 aliphatic heterocycles. The van der Waals surface area contributed by atoms with Gasteiger partial charge < -0.3 is 15.3 Å². The maximum absolute atomic E-state index is 13.4. The predicted molar refractivity (Wildman–Crippen MR) is 135 cm³/mol. The number of piperazine rings is 2. The van der Waals surface area contributed by atoms with Crippen molar-refractivity contribution in [2.45, 2.75) is 34.5 Å². The van der Waals surface area contributed by atoms with Crippen LogP contribution in [-0.2, 0) is 20.4 Å². The second-order valence-corrected chi connectivity index (χ2v) is 11.8. The summed E-state index contributed by atoms with van der Waals surface area (Å²) >= 11 is 4.31. The van der Waals surface area contributed by atoms with E-state index in [1.165, 1.54) is 34.6 Å². The number of alkyl halides is 3. The summed E-state index contributed by atoms with van der Waals surface area (Å²) in [5, 5.41) is 12.8. The maximum Gasteiger partial charge on any atom is 0.421 e. The Bertz CT molecular complexity index is 1240. The zero-order chi connectivity index (χ0) is 27.0. The molecule has 2 saturated heterocycles. The summed E-state index contributed by atoms with van der Waals surface area (Å²) in [5.74, 6) is -0.124. The maximum atomic E-state index is 13.4. The van der Waals surface area contributed by atoms with Gasteiger partial charge in [-0.2, -0.15) is 17.5 Å². The molecule has 2 aliphatic rings. The number of carbonyl (C=O) groups is 1. The third kappa shape index (κ3) is 5.75. The Balaban J connectivity index is 1.62. The van der Waals surface area contributed by atoms with Crippen molar-refractivity contribution in [1.82, 2.24) is 14.5 Å². The predicted octanol–water partition coefficient (Wildman–Crippen LogP) is 2.06. The zero-order valence-electron chi connectivity index (χ0n) is 20.1. The zero-order valence-corrected chi connectivity index (χ0v) is 21.9. The van der Waals surface area contributed by atoms with Crippen LogP contribution in [0.25, 0.3) is 0 Å². The van der Waals surface area contributed by atoms with Crippen molar-refractivity contribution in [3.63, 3.8) is 0 Å². The van der Waals surface area contributed by atoms with Gasteiger partial charge in [-0.1, -0.05) is 24.3 Å². The highest BCUT2D eigenvalue weighted by molar-refractivity contribution is 7.90. The molecule has 0 bridgehead atoms. The Kier molecular flexibility index (Phi) is 7.82. The Hall–Kier alpha value is -2.32. The number of nitrogens with one attached hydrogen (secondary N) is 1.